The van der Waals surface area contributed by atoms with E-state index in [2.05, 4.69) is 15.9 Å². The van der Waals surface area contributed by atoms with Gasteiger partial charge in [0.05, 0.1) is 0 Å². The maximum Gasteiger partial charge on any atom is 0.208 e. The molecule has 1 saturated heterocycles. The number of Topliss-reactive ketones (excluding diaryl/α,β-unsaturated/α-hetero) is 3. The first-order chi connectivity index (χ1) is 12.7. The summed E-state index contributed by atoms with van der Waals surface area (Å²) in [6.45, 7) is 2.45. The molecule has 154 valence electrons. The third-order valence-corrected chi connectivity index (χ3v) is 6.54. The predicted octanol–water partition coefficient (Wildman–Crippen LogP) is 1.14. The van der Waals surface area contributed by atoms with Crippen molar-refractivity contribution in [3.63, 3.8) is 0 Å². The zero-order chi connectivity index (χ0) is 21.7. The largest absolute Gasteiger partial charge is 0.473 e. The van der Waals surface area contributed by atoms with Gasteiger partial charge in [0.25, 0.3) is 0 Å². The maximum atomic E-state index is 14.1. The number of benzene rings is 1. The van der Waals surface area contributed by atoms with E-state index < -0.39 is 62.7 Å². The fourth-order valence-corrected chi connectivity index (χ4v) is 5.06. The van der Waals surface area contributed by atoms with Gasteiger partial charge in [-0.2, -0.15) is 4.39 Å². The minimum atomic E-state index is -3.28. The molecule has 1 aromatic carbocycles. The first-order valence-corrected chi connectivity index (χ1v) is 9.70. The number of carbonyl (C=O) groups excluding carboxylic acids is 3. The zero-order valence-electron chi connectivity index (χ0n) is 15.0. The summed E-state index contributed by atoms with van der Waals surface area (Å²) in [5, 5.41) is 32.8. The molecular formula is C17H17BrF2O7S. The fourth-order valence-electron chi connectivity index (χ4n) is 3.10. The van der Waals surface area contributed by atoms with Crippen LogP contribution < -0.4 is 4.74 Å². The monoisotopic (exact) mass is 482 g/mol. The summed E-state index contributed by atoms with van der Waals surface area (Å²) < 4.78 is 33.1. The smallest absolute Gasteiger partial charge is 0.208 e. The molecule has 1 aliphatic heterocycles. The van der Waals surface area contributed by atoms with Gasteiger partial charge in [0.1, 0.15) is 0 Å². The first kappa shape index (κ1) is 22.9. The number of hydrogen-bond acceptors (Lipinski definition) is 8. The Bertz CT molecular complexity index is 866. The Morgan fingerprint density at radius 3 is 2.14 bits per heavy atom. The highest BCUT2D eigenvalue weighted by molar-refractivity contribution is 9.10. The van der Waals surface area contributed by atoms with Gasteiger partial charge in [-0.05, 0) is 32.9 Å². The Kier molecular flexibility index (Phi) is 6.09. The summed E-state index contributed by atoms with van der Waals surface area (Å²) >= 11 is 3.43. The Morgan fingerprint density at radius 1 is 1.11 bits per heavy atom. The van der Waals surface area contributed by atoms with Gasteiger partial charge in [0.2, 0.25) is 11.4 Å². The van der Waals surface area contributed by atoms with E-state index in [1.807, 2.05) is 0 Å². The van der Waals surface area contributed by atoms with Gasteiger partial charge in [-0.3, -0.25) is 14.4 Å². The van der Waals surface area contributed by atoms with Crippen LogP contribution in [0.2, 0.25) is 0 Å². The van der Waals surface area contributed by atoms with Crippen molar-refractivity contribution in [2.24, 2.45) is 0 Å². The molecule has 3 N–H and O–H groups in total. The average molecular weight is 483 g/mol. The molecule has 11 heteroatoms. The van der Waals surface area contributed by atoms with Crippen molar-refractivity contribution in [3.8, 4) is 5.75 Å². The van der Waals surface area contributed by atoms with Gasteiger partial charge >= 0.3 is 0 Å². The predicted molar refractivity (Wildman–Crippen MR) is 97.8 cm³/mol. The molecule has 0 unspecified atom stereocenters. The van der Waals surface area contributed by atoms with E-state index in [1.54, 1.807) is 0 Å². The molecule has 0 aliphatic carbocycles. The lowest BCUT2D eigenvalue weighted by Gasteiger charge is -2.54. The van der Waals surface area contributed by atoms with Gasteiger partial charge < -0.3 is 20.1 Å². The van der Waals surface area contributed by atoms with E-state index >= 15 is 0 Å². The van der Waals surface area contributed by atoms with Crippen LogP contribution in [0, 0.1) is 11.6 Å². The Balaban J connectivity index is 2.67. The Labute approximate surface area is 171 Å². The van der Waals surface area contributed by atoms with E-state index in [0.717, 1.165) is 32.9 Å². The average Bonchev–Trinajstić information content (AvgIpc) is 2.58. The standard InChI is InChI=1S/C17H17BrF2O7S/c1-7(21)15(24)6-28-14(16(25,8(2)22)17(15,26)9(3)23)27-12-5-10(18)4-11(19)13(12)20/h4-5,14,24-26H,6H2,1-3H3/t14-,15-,16-,17-/m0/s1. The summed E-state index contributed by atoms with van der Waals surface area (Å²) in [6.07, 6.45) is 0. The highest BCUT2D eigenvalue weighted by Gasteiger charge is 2.75. The Morgan fingerprint density at radius 2 is 1.68 bits per heavy atom. The van der Waals surface area contributed by atoms with Crippen molar-refractivity contribution < 1.29 is 43.2 Å². The lowest BCUT2D eigenvalue weighted by molar-refractivity contribution is -0.236. The summed E-state index contributed by atoms with van der Waals surface area (Å²) in [6, 6.07) is 1.83. The van der Waals surface area contributed by atoms with Gasteiger partial charge in [-0.15, -0.1) is 11.8 Å². The van der Waals surface area contributed by atoms with Crippen molar-refractivity contribution in [1.82, 2.24) is 0 Å². The van der Waals surface area contributed by atoms with Crippen LogP contribution in [0.4, 0.5) is 8.78 Å². The summed E-state index contributed by atoms with van der Waals surface area (Å²) in [7, 11) is 0. The molecule has 0 spiro atoms. The molecule has 1 aromatic rings. The van der Waals surface area contributed by atoms with E-state index in [1.165, 1.54) is 0 Å². The second-order valence-electron chi connectivity index (χ2n) is 6.47. The number of thioether (sulfide) groups is 1. The van der Waals surface area contributed by atoms with Crippen LogP contribution >= 0.6 is 27.7 Å². The van der Waals surface area contributed by atoms with Crippen LogP contribution in [0.25, 0.3) is 0 Å². The molecule has 0 radical (unpaired) electrons. The van der Waals surface area contributed by atoms with Gasteiger partial charge in [-0.25, -0.2) is 4.39 Å². The van der Waals surface area contributed by atoms with E-state index in [-0.39, 0.29) is 4.47 Å². The minimum absolute atomic E-state index is 0.0793. The van der Waals surface area contributed by atoms with Crippen molar-refractivity contribution in [2.45, 2.75) is 43.0 Å². The number of hydrogen-bond donors (Lipinski definition) is 3. The number of aliphatic hydroxyl groups is 3. The van der Waals surface area contributed by atoms with Gasteiger partial charge in [0, 0.05) is 10.2 Å². The van der Waals surface area contributed by atoms with Crippen molar-refractivity contribution >= 4 is 45.0 Å². The van der Waals surface area contributed by atoms with Crippen LogP contribution in [-0.2, 0) is 14.4 Å². The second kappa shape index (κ2) is 7.45. The van der Waals surface area contributed by atoms with E-state index in [0.29, 0.717) is 11.8 Å². The molecular weight excluding hydrogens is 466 g/mol. The number of carbonyl (C=O) groups is 3. The maximum absolute atomic E-state index is 14.1. The molecule has 0 saturated carbocycles. The summed E-state index contributed by atoms with van der Waals surface area (Å²) in [5.74, 6) is -7.68. The highest BCUT2D eigenvalue weighted by atomic mass is 79.9. The number of ketones is 3. The van der Waals surface area contributed by atoms with Crippen LogP contribution in [0.1, 0.15) is 20.8 Å². The molecule has 2 rings (SSSR count). The molecule has 1 aliphatic rings. The lowest BCUT2D eigenvalue weighted by Crippen LogP contribution is -2.82. The van der Waals surface area contributed by atoms with Crippen LogP contribution in [-0.4, -0.2) is 60.7 Å². The third-order valence-electron chi connectivity index (χ3n) is 4.76. The number of halogens is 3. The van der Waals surface area contributed by atoms with Crippen LogP contribution in [0.3, 0.4) is 0 Å². The molecule has 1 heterocycles. The molecule has 4 atom stereocenters. The van der Waals surface area contributed by atoms with Crippen molar-refractivity contribution in [2.75, 3.05) is 5.75 Å². The molecule has 7 nitrogen and oxygen atoms in total. The van der Waals surface area contributed by atoms with Crippen molar-refractivity contribution in [1.29, 1.82) is 0 Å². The molecule has 0 aromatic heterocycles. The molecule has 0 bridgehead atoms. The van der Waals surface area contributed by atoms with Crippen LogP contribution in [0.5, 0.6) is 5.75 Å². The number of rotatable bonds is 5. The summed E-state index contributed by atoms with van der Waals surface area (Å²) in [5.41, 5.74) is -11.1. The van der Waals surface area contributed by atoms with E-state index in [9.17, 15) is 38.5 Å². The fraction of sp³-hybridized carbons (Fsp3) is 0.471. The first-order valence-electron chi connectivity index (χ1n) is 7.86. The molecule has 1 fully saturated rings. The zero-order valence-corrected chi connectivity index (χ0v) is 17.4. The highest BCUT2D eigenvalue weighted by Crippen LogP contribution is 2.49. The lowest BCUT2D eigenvalue weighted by atomic mass is 9.65. The van der Waals surface area contributed by atoms with Gasteiger partial charge in [0.15, 0.2) is 45.6 Å². The summed E-state index contributed by atoms with van der Waals surface area (Å²) in [4.78, 5) is 36.6. The molecule has 28 heavy (non-hydrogen) atoms. The third kappa shape index (κ3) is 3.09. The quantitative estimate of drug-likeness (QED) is 0.534. The Hall–Kier alpha value is -1.40. The topological polar surface area (TPSA) is 121 Å². The number of ether oxygens (including phenoxy) is 1. The second-order valence-corrected chi connectivity index (χ2v) is 8.43. The minimum Gasteiger partial charge on any atom is -0.473 e. The molecule has 0 amide bonds. The van der Waals surface area contributed by atoms with Crippen molar-refractivity contribution in [3.05, 3.63) is 28.2 Å². The van der Waals surface area contributed by atoms with E-state index in [4.69, 9.17) is 4.74 Å². The normalized spacial score (nSPS) is 32.7. The SMILES string of the molecule is CC(=O)[C@]1(O)[C@@](O)(C(C)=O)CS[C@H](Oc2cc(Br)cc(F)c2F)[C@@]1(O)C(C)=O. The van der Waals surface area contributed by atoms with Crippen LogP contribution in [0.15, 0.2) is 16.6 Å². The van der Waals surface area contributed by atoms with Gasteiger partial charge in [-0.1, -0.05) is 15.9 Å².